The van der Waals surface area contributed by atoms with Crippen molar-refractivity contribution in [2.75, 3.05) is 16.8 Å². The van der Waals surface area contributed by atoms with Crippen molar-refractivity contribution in [2.24, 2.45) is 0 Å². The fraction of sp³-hybridized carbons (Fsp3) is 0.176. The molecule has 24 heavy (non-hydrogen) atoms. The van der Waals surface area contributed by atoms with Gasteiger partial charge in [-0.1, -0.05) is 35.3 Å². The van der Waals surface area contributed by atoms with Gasteiger partial charge in [-0.3, -0.25) is 9.59 Å². The van der Waals surface area contributed by atoms with Gasteiger partial charge in [0.2, 0.25) is 11.8 Å². The third-order valence-corrected chi connectivity index (χ3v) is 3.83. The third kappa shape index (κ3) is 4.69. The average Bonchev–Trinajstić information content (AvgIpc) is 2.51. The quantitative estimate of drug-likeness (QED) is 0.843. The number of amides is 2. The highest BCUT2D eigenvalue weighted by Gasteiger charge is 2.17. The van der Waals surface area contributed by atoms with Crippen LogP contribution in [0, 0.1) is 5.82 Å². The molecule has 2 aromatic rings. The zero-order valence-corrected chi connectivity index (χ0v) is 14.4. The number of para-hydroxylation sites is 1. The number of hydrogen-bond donors (Lipinski definition) is 1. The topological polar surface area (TPSA) is 49.4 Å². The van der Waals surface area contributed by atoms with Gasteiger partial charge in [-0.2, -0.15) is 0 Å². The Morgan fingerprint density at radius 1 is 1.17 bits per heavy atom. The molecule has 0 spiro atoms. The molecule has 2 rings (SSSR count). The number of carbonyl (C=O) groups is 2. The molecule has 126 valence electrons. The smallest absolute Gasteiger partial charge is 0.226 e. The lowest BCUT2D eigenvalue weighted by Gasteiger charge is -2.22. The predicted octanol–water partition coefficient (Wildman–Crippen LogP) is 4.51. The molecule has 1 N–H and O–H groups in total. The first-order valence-corrected chi connectivity index (χ1v) is 7.91. The molecule has 0 saturated carbocycles. The van der Waals surface area contributed by atoms with Gasteiger partial charge >= 0.3 is 0 Å². The van der Waals surface area contributed by atoms with E-state index in [1.54, 1.807) is 18.2 Å². The Morgan fingerprint density at radius 3 is 2.50 bits per heavy atom. The Hall–Kier alpha value is -2.11. The van der Waals surface area contributed by atoms with Gasteiger partial charge in [0.25, 0.3) is 0 Å². The van der Waals surface area contributed by atoms with Gasteiger partial charge in [0.05, 0.1) is 16.4 Å². The van der Waals surface area contributed by atoms with Crippen LogP contribution in [-0.2, 0) is 9.59 Å². The molecule has 4 nitrogen and oxygen atoms in total. The lowest BCUT2D eigenvalue weighted by atomic mass is 10.2. The Labute approximate surface area is 149 Å². The first-order chi connectivity index (χ1) is 11.4. The van der Waals surface area contributed by atoms with Crippen LogP contribution in [0.15, 0.2) is 42.5 Å². The Morgan fingerprint density at radius 2 is 1.88 bits per heavy atom. The van der Waals surface area contributed by atoms with Gasteiger partial charge < -0.3 is 10.2 Å². The van der Waals surface area contributed by atoms with Gasteiger partial charge in [-0.05, 0) is 30.3 Å². The van der Waals surface area contributed by atoms with E-state index in [4.69, 9.17) is 23.2 Å². The van der Waals surface area contributed by atoms with Crippen molar-refractivity contribution in [3.63, 3.8) is 0 Å². The maximum absolute atomic E-state index is 13.5. The maximum Gasteiger partial charge on any atom is 0.226 e. The molecule has 7 heteroatoms. The van der Waals surface area contributed by atoms with E-state index in [0.29, 0.717) is 15.7 Å². The molecule has 2 amide bonds. The summed E-state index contributed by atoms with van der Waals surface area (Å²) in [6.07, 6.45) is -0.00707. The van der Waals surface area contributed by atoms with Crippen LogP contribution in [0.3, 0.4) is 0 Å². The third-order valence-electron chi connectivity index (χ3n) is 3.29. The molecular weight excluding hydrogens is 354 g/mol. The summed E-state index contributed by atoms with van der Waals surface area (Å²) in [6, 6.07) is 10.6. The van der Waals surface area contributed by atoms with Gasteiger partial charge in [0.1, 0.15) is 5.82 Å². The zero-order valence-electron chi connectivity index (χ0n) is 12.9. The minimum atomic E-state index is -0.519. The molecule has 0 aromatic heterocycles. The fourth-order valence-corrected chi connectivity index (χ4v) is 2.65. The zero-order chi connectivity index (χ0) is 17.7. The van der Waals surface area contributed by atoms with Gasteiger partial charge in [-0.25, -0.2) is 4.39 Å². The first kappa shape index (κ1) is 18.2. The van der Waals surface area contributed by atoms with Crippen molar-refractivity contribution >= 4 is 46.4 Å². The van der Waals surface area contributed by atoms with Gasteiger partial charge in [-0.15, -0.1) is 0 Å². The molecular formula is C17H15Cl2FN2O2. The molecule has 0 aliphatic rings. The van der Waals surface area contributed by atoms with E-state index in [-0.39, 0.29) is 24.6 Å². The normalized spacial score (nSPS) is 10.3. The fourth-order valence-electron chi connectivity index (χ4n) is 2.14. The molecule has 0 aliphatic carbocycles. The number of nitrogens with one attached hydrogen (secondary N) is 1. The van der Waals surface area contributed by atoms with Crippen molar-refractivity contribution in [3.05, 3.63) is 58.3 Å². The van der Waals surface area contributed by atoms with E-state index >= 15 is 0 Å². The molecule has 0 unspecified atom stereocenters. The van der Waals surface area contributed by atoms with Crippen LogP contribution >= 0.6 is 23.2 Å². The summed E-state index contributed by atoms with van der Waals surface area (Å²) < 4.78 is 13.5. The van der Waals surface area contributed by atoms with Crippen LogP contribution in [-0.4, -0.2) is 18.4 Å². The van der Waals surface area contributed by atoms with Crippen molar-refractivity contribution < 1.29 is 14.0 Å². The number of benzene rings is 2. The molecule has 0 bridgehead atoms. The highest BCUT2D eigenvalue weighted by atomic mass is 35.5. The molecule has 2 aromatic carbocycles. The predicted molar refractivity (Wildman–Crippen MR) is 94.1 cm³/mol. The van der Waals surface area contributed by atoms with Crippen LogP contribution in [0.5, 0.6) is 0 Å². The second-order valence-electron chi connectivity index (χ2n) is 5.04. The average molecular weight is 369 g/mol. The van der Waals surface area contributed by atoms with E-state index in [9.17, 15) is 14.0 Å². The number of hydrogen-bond acceptors (Lipinski definition) is 2. The van der Waals surface area contributed by atoms with Gasteiger partial charge in [0.15, 0.2) is 0 Å². The Kier molecular flexibility index (Phi) is 6.17. The number of halogens is 3. The molecule has 0 saturated heterocycles. The lowest BCUT2D eigenvalue weighted by molar-refractivity contribution is -0.117. The van der Waals surface area contributed by atoms with Gasteiger partial charge in [0, 0.05) is 24.9 Å². The summed E-state index contributed by atoms with van der Waals surface area (Å²) in [6.45, 7) is 1.48. The summed E-state index contributed by atoms with van der Waals surface area (Å²) >= 11 is 12.0. The molecule has 0 radical (unpaired) electrons. The Bertz CT molecular complexity index is 768. The van der Waals surface area contributed by atoms with Crippen LogP contribution in [0.1, 0.15) is 13.3 Å². The summed E-state index contributed by atoms with van der Waals surface area (Å²) in [7, 11) is 0. The number of nitrogens with zero attached hydrogens (tertiary/aromatic N) is 1. The van der Waals surface area contributed by atoms with E-state index < -0.39 is 11.7 Å². The van der Waals surface area contributed by atoms with Crippen molar-refractivity contribution in [1.82, 2.24) is 0 Å². The minimum absolute atomic E-state index is 0.00707. The second-order valence-corrected chi connectivity index (χ2v) is 5.89. The standard InChI is InChI=1S/C17H15Cl2FN2O2/c1-11(23)22(16-7-6-12(18)10-13(16)19)9-8-17(24)21-15-5-3-2-4-14(15)20/h2-7,10H,8-9H2,1H3,(H,21,24). The van der Waals surface area contributed by atoms with Crippen LogP contribution in [0.25, 0.3) is 0 Å². The van der Waals surface area contributed by atoms with E-state index in [1.165, 1.54) is 36.1 Å². The molecule has 0 aliphatic heterocycles. The van der Waals surface area contributed by atoms with Crippen LogP contribution in [0.4, 0.5) is 15.8 Å². The van der Waals surface area contributed by atoms with E-state index in [0.717, 1.165) is 0 Å². The van der Waals surface area contributed by atoms with Crippen molar-refractivity contribution in [2.45, 2.75) is 13.3 Å². The molecule has 0 fully saturated rings. The van der Waals surface area contributed by atoms with Crippen LogP contribution < -0.4 is 10.2 Å². The highest BCUT2D eigenvalue weighted by Crippen LogP contribution is 2.29. The van der Waals surface area contributed by atoms with Crippen molar-refractivity contribution in [1.29, 1.82) is 0 Å². The van der Waals surface area contributed by atoms with E-state index in [1.807, 2.05) is 0 Å². The summed E-state index contributed by atoms with van der Waals surface area (Å²) in [5, 5.41) is 3.23. The number of rotatable bonds is 5. The SMILES string of the molecule is CC(=O)N(CCC(=O)Nc1ccccc1F)c1ccc(Cl)cc1Cl. The maximum atomic E-state index is 13.5. The largest absolute Gasteiger partial charge is 0.324 e. The first-order valence-electron chi connectivity index (χ1n) is 7.16. The highest BCUT2D eigenvalue weighted by molar-refractivity contribution is 6.36. The molecule has 0 atom stereocenters. The lowest BCUT2D eigenvalue weighted by Crippen LogP contribution is -2.32. The monoisotopic (exact) mass is 368 g/mol. The Balaban J connectivity index is 2.05. The van der Waals surface area contributed by atoms with E-state index in [2.05, 4.69) is 5.32 Å². The second kappa shape index (κ2) is 8.13. The minimum Gasteiger partial charge on any atom is -0.324 e. The number of anilines is 2. The molecule has 0 heterocycles. The van der Waals surface area contributed by atoms with Crippen molar-refractivity contribution in [3.8, 4) is 0 Å². The number of carbonyl (C=O) groups excluding carboxylic acids is 2. The summed E-state index contributed by atoms with van der Waals surface area (Å²) in [5.74, 6) is -1.19. The summed E-state index contributed by atoms with van der Waals surface area (Å²) in [4.78, 5) is 25.2. The summed E-state index contributed by atoms with van der Waals surface area (Å²) in [5.41, 5.74) is 0.564. The van der Waals surface area contributed by atoms with Crippen LogP contribution in [0.2, 0.25) is 10.0 Å².